The molecule has 0 saturated carbocycles. The van der Waals surface area contributed by atoms with E-state index in [1.54, 1.807) is 38.5 Å². The third kappa shape index (κ3) is 28.6. The first-order chi connectivity index (χ1) is 52.4. The summed E-state index contributed by atoms with van der Waals surface area (Å²) < 4.78 is 23.4. The van der Waals surface area contributed by atoms with E-state index >= 15 is 0 Å². The van der Waals surface area contributed by atoms with Crippen molar-refractivity contribution in [2.75, 3.05) is 14.2 Å². The molecule has 3 heterocycles. The van der Waals surface area contributed by atoms with E-state index in [9.17, 15) is 0 Å². The van der Waals surface area contributed by atoms with Crippen molar-refractivity contribution in [1.82, 2.24) is 25.4 Å². The van der Waals surface area contributed by atoms with Crippen molar-refractivity contribution in [3.05, 3.63) is 400 Å². The highest BCUT2D eigenvalue weighted by Gasteiger charge is 2.13. The molecule has 2 N–H and O–H groups in total. The summed E-state index contributed by atoms with van der Waals surface area (Å²) in [6.07, 6.45) is 5.15. The van der Waals surface area contributed by atoms with Crippen molar-refractivity contribution in [2.24, 2.45) is 0 Å². The minimum absolute atomic E-state index is 0.264. The Balaban J connectivity index is 0.000000155. The molecule has 0 spiro atoms. The van der Waals surface area contributed by atoms with Gasteiger partial charge in [0.05, 0.1) is 36.6 Å². The second-order valence-electron chi connectivity index (χ2n) is 22.5. The topological polar surface area (TPSA) is 125 Å². The van der Waals surface area contributed by atoms with Crippen LogP contribution < -0.4 is 18.9 Å². The molecule has 524 valence electrons. The van der Waals surface area contributed by atoms with Gasteiger partial charge in [0, 0.05) is 64.4 Å². The third-order valence-corrected chi connectivity index (χ3v) is 15.7. The lowest BCUT2D eigenvalue weighted by Gasteiger charge is -2.08. The maximum atomic E-state index is 9.09. The van der Waals surface area contributed by atoms with E-state index in [2.05, 4.69) is 173 Å². The summed E-state index contributed by atoms with van der Waals surface area (Å²) in [5.41, 5.74) is 14.2. The first kappa shape index (κ1) is 79.2. The second kappa shape index (κ2) is 44.7. The van der Waals surface area contributed by atoms with E-state index in [0.717, 1.165) is 118 Å². The van der Waals surface area contributed by atoms with Crippen LogP contribution in [0.15, 0.2) is 346 Å². The lowest BCUT2D eigenvalue weighted by atomic mass is 10.1. The molecule has 0 atom stereocenters. The van der Waals surface area contributed by atoms with Gasteiger partial charge in [-0.25, -0.2) is 9.97 Å². The number of methoxy groups -OCH3 is 2. The number of benzene rings is 12. The molecular formula is C92H70BBr3IN5O5. The number of phenols is 1. The van der Waals surface area contributed by atoms with Crippen molar-refractivity contribution in [3.8, 4) is 99.1 Å². The molecular weight excluding hydrogens is 1630 g/mol. The zero-order valence-corrected chi connectivity index (χ0v) is 65.3. The van der Waals surface area contributed by atoms with Crippen LogP contribution in [0.5, 0.6) is 28.7 Å². The number of halogens is 4. The van der Waals surface area contributed by atoms with Gasteiger partial charge in [0.2, 0.25) is 0 Å². The molecule has 0 aliphatic carbocycles. The number of hydrogen-bond donors (Lipinski definition) is 2. The Morgan fingerprint density at radius 2 is 0.654 bits per heavy atom. The summed E-state index contributed by atoms with van der Waals surface area (Å²) in [6.45, 7) is 0.864. The Labute approximate surface area is 664 Å². The van der Waals surface area contributed by atoms with Gasteiger partial charge in [-0.1, -0.05) is 193 Å². The van der Waals surface area contributed by atoms with Crippen molar-refractivity contribution in [3.63, 3.8) is 0 Å². The number of nitrogens with zero attached hydrogens (tertiary/aromatic N) is 4. The Bertz CT molecular complexity index is 5380. The zero-order valence-electron chi connectivity index (χ0n) is 58.4. The van der Waals surface area contributed by atoms with Crippen LogP contribution in [0.2, 0.25) is 0 Å². The van der Waals surface area contributed by atoms with Gasteiger partial charge in [0.15, 0.2) is 0 Å². The van der Waals surface area contributed by atoms with E-state index < -0.39 is 0 Å². The number of fused-ring (bicyclic) bond motifs is 2. The van der Waals surface area contributed by atoms with Gasteiger partial charge in [-0.05, 0) is 217 Å². The largest absolute Gasteiger partial charge is 0.508 e. The fourth-order valence-corrected chi connectivity index (χ4v) is 10.00. The Morgan fingerprint density at radius 1 is 0.355 bits per heavy atom. The minimum atomic E-state index is 0.264. The summed E-state index contributed by atoms with van der Waals surface area (Å²) >= 11 is 11.6. The van der Waals surface area contributed by atoms with Gasteiger partial charge in [0.25, 0.3) is 0 Å². The van der Waals surface area contributed by atoms with Crippen molar-refractivity contribution >= 4 is 94.9 Å². The van der Waals surface area contributed by atoms with Crippen LogP contribution in [0, 0.1) is 51.4 Å². The summed E-state index contributed by atoms with van der Waals surface area (Å²) in [6, 6.07) is 112. The van der Waals surface area contributed by atoms with Gasteiger partial charge in [-0.2, -0.15) is 15.4 Å². The van der Waals surface area contributed by atoms with Crippen LogP contribution in [0.3, 0.4) is 0 Å². The number of H-pyrrole nitrogens is 1. The quantitative estimate of drug-likeness (QED) is 0.0782. The molecule has 15 aromatic rings. The summed E-state index contributed by atoms with van der Waals surface area (Å²) in [5.74, 6) is 24.7. The van der Waals surface area contributed by atoms with Gasteiger partial charge < -0.3 is 24.1 Å². The monoisotopic (exact) mass is 1700 g/mol. The molecule has 0 unspecified atom stereocenters. The predicted octanol–water partition coefficient (Wildman–Crippen LogP) is 22.5. The maximum Gasteiger partial charge on any atom is 0.369 e. The summed E-state index contributed by atoms with van der Waals surface area (Å²) in [5, 5.41) is 22.7. The highest BCUT2D eigenvalue weighted by atomic mass is 127. The molecule has 0 fully saturated rings. The molecule has 15 rings (SSSR count). The van der Waals surface area contributed by atoms with E-state index in [1.165, 1.54) is 3.57 Å². The summed E-state index contributed by atoms with van der Waals surface area (Å²) in [7, 11) is 3.29. The Hall–Kier alpha value is -11.9. The summed E-state index contributed by atoms with van der Waals surface area (Å²) in [4.78, 5) is 9.27. The number of aromatic hydroxyl groups is 1. The SMILES string of the molecule is BrB(Br)Br.C#Cc1ccc(OC)cc1.C(#Cc1ccc(OCc2ccc3ccccc3n2)cc1)c1ccccc1.COc1ccc(C#Cc2ccccc2)cc1.Ic1ccccc1.Oc1ccc(C#Cc2ccccc2)cc1.c1ccc(-c2n[nH]nc2-c2ccc(OCc3ccc4ccccc4n3)cc2)cc1. The lowest BCUT2D eigenvalue weighted by molar-refractivity contribution is 0.301. The van der Waals surface area contributed by atoms with Crippen LogP contribution >= 0.6 is 69.9 Å². The number of nitrogens with one attached hydrogen (secondary N) is 1. The van der Waals surface area contributed by atoms with E-state index in [0.29, 0.717) is 13.2 Å². The maximum absolute atomic E-state index is 9.09. The van der Waals surface area contributed by atoms with Crippen molar-refractivity contribution in [1.29, 1.82) is 0 Å². The molecule has 10 nitrogen and oxygen atoms in total. The first-order valence-electron chi connectivity index (χ1n) is 33.4. The molecule has 0 saturated heterocycles. The van der Waals surface area contributed by atoms with Crippen LogP contribution in [-0.2, 0) is 13.2 Å². The van der Waals surface area contributed by atoms with Gasteiger partial charge in [-0.3, -0.25) is 0 Å². The Morgan fingerprint density at radius 3 is 1.01 bits per heavy atom. The normalized spacial score (nSPS) is 9.65. The average Bonchev–Trinajstić information content (AvgIpc) is 1.77. The number of hydrogen-bond acceptors (Lipinski definition) is 9. The van der Waals surface area contributed by atoms with Gasteiger partial charge in [-0.15, -0.1) is 53.7 Å². The van der Waals surface area contributed by atoms with Crippen LogP contribution in [0.25, 0.3) is 44.3 Å². The molecule has 107 heavy (non-hydrogen) atoms. The molecule has 0 radical (unpaired) electrons. The average molecular weight is 1700 g/mol. The number of rotatable bonds is 10. The third-order valence-electron chi connectivity index (χ3n) is 15.0. The number of pyridine rings is 2. The lowest BCUT2D eigenvalue weighted by Crippen LogP contribution is -1.98. The fourth-order valence-electron chi connectivity index (χ4n) is 9.58. The standard InChI is InChI=1S/C24H18N4O.C24H17NO.C15H12O.C14H10O.C9H8O.C6H5I.BBr3/c1-2-7-18(8-3-1)23-24(27-28-26-23)19-11-14-21(15-12-19)29-16-20-13-10-17-6-4-5-9-22(17)25-20;1-2-6-19(7-3-1)10-11-20-12-16-23(17-13-20)26-18-22-15-14-21-8-4-5-9-24(21)25-22;1-16-15-11-9-14(10-12-15)8-7-13-5-3-2-4-6-13;15-14-10-8-13(9-11-14)7-6-12-4-2-1-3-5-12;1-3-8-4-6-9(10-2)7-5-8;7-6-4-2-1-3-5-6;2-1(3)4/h1-15H,16H2,(H,26,27,28);1-9,12-17H,18H2;2-6,9-12H,1H3;1-5,8-11,15H;1,4-7H,2H3;1-5H;. The predicted molar refractivity (Wildman–Crippen MR) is 457 cm³/mol. The van der Waals surface area contributed by atoms with Crippen LogP contribution in [-0.4, -0.2) is 47.9 Å². The minimum Gasteiger partial charge on any atom is -0.508 e. The van der Waals surface area contributed by atoms with Crippen molar-refractivity contribution in [2.45, 2.75) is 13.2 Å². The number of para-hydroxylation sites is 2. The van der Waals surface area contributed by atoms with E-state index in [-0.39, 0.29) is 8.93 Å². The number of ether oxygens (including phenoxy) is 4. The molecule has 0 aliphatic heterocycles. The second-order valence-corrected chi connectivity index (χ2v) is 30.2. The first-order valence-corrected chi connectivity index (χ1v) is 37.3. The smallest absolute Gasteiger partial charge is 0.369 e. The number of phenolic OH excluding ortho intramolecular Hbond substituents is 1. The highest BCUT2D eigenvalue weighted by molar-refractivity contribution is 14.1. The molecule has 3 aromatic heterocycles. The van der Waals surface area contributed by atoms with Gasteiger partial charge in [0.1, 0.15) is 53.3 Å². The van der Waals surface area contributed by atoms with Gasteiger partial charge >= 0.3 is 3.18 Å². The van der Waals surface area contributed by atoms with Crippen molar-refractivity contribution < 1.29 is 24.1 Å². The molecule has 0 aliphatic rings. The van der Waals surface area contributed by atoms with E-state index in [1.807, 2.05) is 285 Å². The zero-order chi connectivity index (χ0) is 74.9. The molecule has 15 heteroatoms. The van der Waals surface area contributed by atoms with Crippen LogP contribution in [0.1, 0.15) is 50.3 Å². The highest BCUT2D eigenvalue weighted by Crippen LogP contribution is 2.30. The van der Waals surface area contributed by atoms with Crippen LogP contribution in [0.4, 0.5) is 0 Å². The molecule has 0 amide bonds. The number of aromatic amines is 1. The van der Waals surface area contributed by atoms with E-state index in [4.69, 9.17) is 30.5 Å². The molecule has 0 bridgehead atoms. The Kier molecular flexibility index (Phi) is 33.1. The molecule has 12 aromatic carbocycles. The number of aromatic nitrogens is 5. The fraction of sp³-hybridized carbons (Fsp3) is 0.0435. The number of terminal acetylenes is 1.